The van der Waals surface area contributed by atoms with Crippen LogP contribution in [0.1, 0.15) is 107 Å². The summed E-state index contributed by atoms with van der Waals surface area (Å²) in [5.41, 5.74) is 3.54. The summed E-state index contributed by atoms with van der Waals surface area (Å²) < 4.78 is 5.19. The smallest absolute Gasteiger partial charge is 0.305 e. The molecule has 0 aromatic heterocycles. The summed E-state index contributed by atoms with van der Waals surface area (Å²) in [4.78, 5) is 13.5. The summed E-state index contributed by atoms with van der Waals surface area (Å²) in [6, 6.07) is 7.91. The number of ether oxygens (including phenoxy) is 1. The lowest BCUT2D eigenvalue weighted by atomic mass is 10.1. The van der Waals surface area contributed by atoms with E-state index in [0.717, 1.165) is 44.9 Å². The van der Waals surface area contributed by atoms with E-state index in [-0.39, 0.29) is 5.97 Å². The van der Waals surface area contributed by atoms with Crippen molar-refractivity contribution in [2.24, 2.45) is 0 Å². The summed E-state index contributed by atoms with van der Waals surface area (Å²) in [7, 11) is 0. The fourth-order valence-electron chi connectivity index (χ4n) is 3.92. The van der Waals surface area contributed by atoms with Crippen LogP contribution in [0.3, 0.4) is 0 Å². The highest BCUT2D eigenvalue weighted by molar-refractivity contribution is 7.99. The predicted molar refractivity (Wildman–Crippen MR) is 152 cm³/mol. The summed E-state index contributed by atoms with van der Waals surface area (Å²) in [6.45, 7) is 12.6. The van der Waals surface area contributed by atoms with Gasteiger partial charge < -0.3 is 14.9 Å². The number of unbranched alkanes of at least 4 members (excludes halogenated alkanes) is 8. The zero-order chi connectivity index (χ0) is 26.9. The second-order valence-electron chi connectivity index (χ2n) is 9.71. The van der Waals surface area contributed by atoms with E-state index in [0.29, 0.717) is 24.5 Å². The normalized spacial score (nSPS) is 10.6. The van der Waals surface area contributed by atoms with Crippen LogP contribution in [0.5, 0.6) is 11.5 Å². The molecule has 2 aromatic rings. The van der Waals surface area contributed by atoms with E-state index in [9.17, 15) is 15.0 Å². The molecule has 0 radical (unpaired) electrons. The number of benzene rings is 2. The van der Waals surface area contributed by atoms with Gasteiger partial charge in [0.1, 0.15) is 11.5 Å². The van der Waals surface area contributed by atoms with Gasteiger partial charge in [-0.1, -0.05) is 77.0 Å². The minimum Gasteiger partial charge on any atom is -0.507 e. The number of phenolic OH excluding ortho intramolecular Hbond substituents is 2. The molecular weight excluding hydrogens is 468 g/mol. The predicted octanol–water partition coefficient (Wildman–Crippen LogP) is 9.34. The standard InChI is InChI=1S/C16H18O2S.C15H30O2/c1-9-5-13(6-10(2)15(9)17)19-14-7-11(3)16(18)12(4)8-14;1-3-5-7-9-11-13-15(16)17-14-12-10-8-6-4-2/h5-8,17-18H,1-4H3;3-14H2,1-2H3. The Balaban J connectivity index is 0.000000363. The lowest BCUT2D eigenvalue weighted by Gasteiger charge is -2.10. The number of aryl methyl sites for hydroxylation is 4. The number of hydrogen-bond donors (Lipinski definition) is 2. The Bertz CT molecular complexity index is 821. The van der Waals surface area contributed by atoms with Gasteiger partial charge in [0.15, 0.2) is 0 Å². The Morgan fingerprint density at radius 2 is 1.06 bits per heavy atom. The Kier molecular flexibility index (Phi) is 16.1. The number of aromatic hydroxyl groups is 2. The van der Waals surface area contributed by atoms with E-state index in [2.05, 4.69) is 13.8 Å². The van der Waals surface area contributed by atoms with E-state index in [4.69, 9.17) is 4.74 Å². The van der Waals surface area contributed by atoms with Gasteiger partial charge in [-0.05, 0) is 87.1 Å². The molecule has 0 aliphatic heterocycles. The summed E-state index contributed by atoms with van der Waals surface area (Å²) in [6.07, 6.45) is 12.6. The number of carbonyl (C=O) groups is 1. The van der Waals surface area contributed by atoms with E-state index in [1.54, 1.807) is 11.8 Å². The Morgan fingerprint density at radius 1 is 0.667 bits per heavy atom. The van der Waals surface area contributed by atoms with Gasteiger partial charge in [0.25, 0.3) is 0 Å². The molecule has 0 bridgehead atoms. The Morgan fingerprint density at radius 3 is 1.47 bits per heavy atom. The molecule has 0 heterocycles. The van der Waals surface area contributed by atoms with Gasteiger partial charge in [0, 0.05) is 16.2 Å². The summed E-state index contributed by atoms with van der Waals surface area (Å²) in [5.74, 6) is 0.724. The molecule has 36 heavy (non-hydrogen) atoms. The molecule has 0 atom stereocenters. The molecule has 0 saturated carbocycles. The van der Waals surface area contributed by atoms with E-state index < -0.39 is 0 Å². The highest BCUT2D eigenvalue weighted by Crippen LogP contribution is 2.35. The Labute approximate surface area is 223 Å². The Hall–Kier alpha value is -2.14. The first-order chi connectivity index (χ1) is 17.2. The van der Waals surface area contributed by atoms with Crippen LogP contribution >= 0.6 is 11.8 Å². The molecule has 0 aliphatic carbocycles. The van der Waals surface area contributed by atoms with Crippen molar-refractivity contribution in [1.29, 1.82) is 0 Å². The van der Waals surface area contributed by atoms with Crippen molar-refractivity contribution in [2.45, 2.75) is 122 Å². The molecule has 0 aliphatic rings. The zero-order valence-corrected chi connectivity index (χ0v) is 24.2. The monoisotopic (exact) mass is 516 g/mol. The molecule has 0 spiro atoms. The molecule has 0 amide bonds. The van der Waals surface area contributed by atoms with Crippen LogP contribution in [0.4, 0.5) is 0 Å². The zero-order valence-electron chi connectivity index (χ0n) is 23.4. The molecule has 202 valence electrons. The van der Waals surface area contributed by atoms with Crippen LogP contribution < -0.4 is 0 Å². The average Bonchev–Trinajstić information content (AvgIpc) is 2.83. The van der Waals surface area contributed by atoms with Crippen LogP contribution in [0.15, 0.2) is 34.1 Å². The second-order valence-corrected chi connectivity index (χ2v) is 10.9. The first-order valence-corrected chi connectivity index (χ1v) is 14.4. The topological polar surface area (TPSA) is 66.8 Å². The molecule has 0 fully saturated rings. The highest BCUT2D eigenvalue weighted by atomic mass is 32.2. The molecule has 5 heteroatoms. The summed E-state index contributed by atoms with van der Waals surface area (Å²) in [5, 5.41) is 19.6. The van der Waals surface area contributed by atoms with E-state index in [1.165, 1.54) is 51.4 Å². The molecule has 0 saturated heterocycles. The third-order valence-corrected chi connectivity index (χ3v) is 7.10. The van der Waals surface area contributed by atoms with Gasteiger partial charge in [-0.3, -0.25) is 4.79 Å². The van der Waals surface area contributed by atoms with Crippen LogP contribution in [0.25, 0.3) is 0 Å². The van der Waals surface area contributed by atoms with Gasteiger partial charge in [-0.25, -0.2) is 0 Å². The second kappa shape index (κ2) is 18.2. The quantitative estimate of drug-likeness (QED) is 0.193. The largest absolute Gasteiger partial charge is 0.507 e. The van der Waals surface area contributed by atoms with E-state index in [1.807, 2.05) is 52.0 Å². The molecule has 4 nitrogen and oxygen atoms in total. The molecule has 2 aromatic carbocycles. The SMILES string of the molecule is CCCCCCCOC(=O)CCCCCCC.Cc1cc(Sc2cc(C)c(O)c(C)c2)cc(C)c1O. The van der Waals surface area contributed by atoms with Gasteiger partial charge >= 0.3 is 5.97 Å². The highest BCUT2D eigenvalue weighted by Gasteiger charge is 2.08. The first kappa shape index (κ1) is 31.9. The van der Waals surface area contributed by atoms with Gasteiger partial charge in [-0.2, -0.15) is 0 Å². The third kappa shape index (κ3) is 12.7. The maximum atomic E-state index is 11.3. The number of esters is 1. The molecule has 2 rings (SSSR count). The molecule has 2 N–H and O–H groups in total. The lowest BCUT2D eigenvalue weighted by molar-refractivity contribution is -0.143. The summed E-state index contributed by atoms with van der Waals surface area (Å²) >= 11 is 1.64. The van der Waals surface area contributed by atoms with Crippen molar-refractivity contribution >= 4 is 17.7 Å². The van der Waals surface area contributed by atoms with Gasteiger partial charge in [0.2, 0.25) is 0 Å². The molecular formula is C31H48O4S. The van der Waals surface area contributed by atoms with Crippen LogP contribution in [0.2, 0.25) is 0 Å². The maximum Gasteiger partial charge on any atom is 0.305 e. The van der Waals surface area contributed by atoms with Crippen LogP contribution in [-0.2, 0) is 9.53 Å². The number of hydrogen-bond acceptors (Lipinski definition) is 5. The van der Waals surface area contributed by atoms with Crippen molar-refractivity contribution in [2.75, 3.05) is 6.61 Å². The van der Waals surface area contributed by atoms with Gasteiger partial charge in [-0.15, -0.1) is 0 Å². The molecule has 0 unspecified atom stereocenters. The van der Waals surface area contributed by atoms with Crippen molar-refractivity contribution in [1.82, 2.24) is 0 Å². The maximum absolute atomic E-state index is 11.3. The number of rotatable bonds is 14. The first-order valence-electron chi connectivity index (χ1n) is 13.6. The van der Waals surface area contributed by atoms with Gasteiger partial charge in [0.05, 0.1) is 6.61 Å². The van der Waals surface area contributed by atoms with Crippen LogP contribution in [-0.4, -0.2) is 22.8 Å². The fourth-order valence-corrected chi connectivity index (χ4v) is 5.14. The van der Waals surface area contributed by atoms with Crippen molar-refractivity contribution in [3.8, 4) is 11.5 Å². The fraction of sp³-hybridized carbons (Fsp3) is 0.581. The minimum atomic E-state index is -0.00279. The van der Waals surface area contributed by atoms with E-state index >= 15 is 0 Å². The number of carbonyl (C=O) groups excluding carboxylic acids is 1. The van der Waals surface area contributed by atoms with Crippen LogP contribution in [0, 0.1) is 27.7 Å². The third-order valence-electron chi connectivity index (χ3n) is 6.16. The van der Waals surface area contributed by atoms with Crippen molar-refractivity contribution in [3.05, 3.63) is 46.5 Å². The number of phenols is 2. The van der Waals surface area contributed by atoms with Crippen molar-refractivity contribution in [3.63, 3.8) is 0 Å². The minimum absolute atomic E-state index is 0.00279. The lowest BCUT2D eigenvalue weighted by Crippen LogP contribution is -2.05. The average molecular weight is 517 g/mol. The van der Waals surface area contributed by atoms with Crippen molar-refractivity contribution < 1.29 is 19.7 Å².